The van der Waals surface area contributed by atoms with Crippen molar-refractivity contribution in [3.05, 3.63) is 0 Å². The van der Waals surface area contributed by atoms with Gasteiger partial charge in [-0.1, -0.05) is 17.7 Å². The van der Waals surface area contributed by atoms with Gasteiger partial charge < -0.3 is 5.73 Å². The van der Waals surface area contributed by atoms with Crippen LogP contribution in [0.5, 0.6) is 0 Å². The van der Waals surface area contributed by atoms with Crippen LogP contribution in [0.15, 0.2) is 4.99 Å². The molecule has 0 saturated carbocycles. The van der Waals surface area contributed by atoms with E-state index >= 15 is 0 Å². The Hall–Kier alpha value is 0.170. The zero-order valence-electron chi connectivity index (χ0n) is 4.63. The van der Waals surface area contributed by atoms with Crippen molar-refractivity contribution >= 4 is 26.8 Å². The van der Waals surface area contributed by atoms with Crippen LogP contribution in [-0.2, 0) is 0 Å². The van der Waals surface area contributed by atoms with Gasteiger partial charge in [0.1, 0.15) is 5.37 Å². The molecule has 1 atom stereocenters. The van der Waals surface area contributed by atoms with E-state index in [1.165, 1.54) is 0 Å². The Morgan fingerprint density at radius 3 is 2.88 bits per heavy atom. The fourth-order valence-corrected chi connectivity index (χ4v) is 2.48. The van der Waals surface area contributed by atoms with E-state index in [1.807, 2.05) is 0 Å². The van der Waals surface area contributed by atoms with Gasteiger partial charge >= 0.3 is 0 Å². The van der Waals surface area contributed by atoms with Crippen LogP contribution in [0.3, 0.4) is 0 Å². The lowest BCUT2D eigenvalue weighted by Gasteiger charge is -1.94. The fourth-order valence-electron chi connectivity index (χ4n) is 0.449. The molecule has 0 amide bonds. The number of hydrogen-bond donors (Lipinski definition) is 1. The van der Waals surface area contributed by atoms with Crippen molar-refractivity contribution < 1.29 is 0 Å². The lowest BCUT2D eigenvalue weighted by molar-refractivity contribution is 0.879. The number of rotatable bonds is 1. The van der Waals surface area contributed by atoms with Crippen molar-refractivity contribution in [2.24, 2.45) is 10.7 Å². The first-order valence-corrected chi connectivity index (χ1v) is 4.71. The minimum Gasteiger partial charge on any atom is -0.378 e. The standard InChI is InChI=1S/C4H8N2S2/c1-2-3-6-4(5)8-7-3/h3H,2H2,1H3,(H2,5,6). The summed E-state index contributed by atoms with van der Waals surface area (Å²) >= 11 is 0. The summed E-state index contributed by atoms with van der Waals surface area (Å²) in [4.78, 5) is 4.13. The minimum absolute atomic E-state index is 0.417. The summed E-state index contributed by atoms with van der Waals surface area (Å²) in [6.45, 7) is 2.11. The van der Waals surface area contributed by atoms with Crippen LogP contribution in [0.1, 0.15) is 13.3 Å². The predicted molar refractivity (Wildman–Crippen MR) is 40.9 cm³/mol. The van der Waals surface area contributed by atoms with Gasteiger partial charge in [0.25, 0.3) is 0 Å². The quantitative estimate of drug-likeness (QED) is 0.572. The smallest absolute Gasteiger partial charge is 0.165 e. The number of hydrogen-bond acceptors (Lipinski definition) is 4. The summed E-state index contributed by atoms with van der Waals surface area (Å²) < 4.78 is 0. The molecule has 0 saturated heterocycles. The summed E-state index contributed by atoms with van der Waals surface area (Å²) in [5, 5.41) is 1.14. The van der Waals surface area contributed by atoms with Crippen molar-refractivity contribution in [2.45, 2.75) is 18.7 Å². The molecule has 1 rings (SSSR count). The molecule has 0 bridgehead atoms. The third-order valence-corrected chi connectivity index (χ3v) is 3.37. The molecule has 8 heavy (non-hydrogen) atoms. The maximum Gasteiger partial charge on any atom is 0.165 e. The van der Waals surface area contributed by atoms with Crippen LogP contribution < -0.4 is 5.73 Å². The molecule has 4 heteroatoms. The van der Waals surface area contributed by atoms with Crippen LogP contribution in [0, 0.1) is 0 Å². The second kappa shape index (κ2) is 2.64. The lowest BCUT2D eigenvalue weighted by atomic mass is 10.5. The van der Waals surface area contributed by atoms with E-state index in [2.05, 4.69) is 11.9 Å². The molecule has 0 aromatic rings. The molecule has 0 aromatic carbocycles. The lowest BCUT2D eigenvalue weighted by Crippen LogP contribution is -2.02. The van der Waals surface area contributed by atoms with Gasteiger partial charge in [0.15, 0.2) is 5.17 Å². The highest BCUT2D eigenvalue weighted by Crippen LogP contribution is 2.35. The van der Waals surface area contributed by atoms with Crippen molar-refractivity contribution in [1.82, 2.24) is 0 Å². The summed E-state index contributed by atoms with van der Waals surface area (Å²) in [7, 11) is 3.31. The fraction of sp³-hybridized carbons (Fsp3) is 0.750. The molecule has 2 nitrogen and oxygen atoms in total. The van der Waals surface area contributed by atoms with E-state index in [1.54, 1.807) is 21.6 Å². The van der Waals surface area contributed by atoms with Gasteiger partial charge in [0, 0.05) is 0 Å². The Morgan fingerprint density at radius 1 is 1.88 bits per heavy atom. The first-order valence-electron chi connectivity index (χ1n) is 2.49. The maximum atomic E-state index is 5.39. The first kappa shape index (κ1) is 6.29. The molecule has 1 aliphatic heterocycles. The van der Waals surface area contributed by atoms with Crippen LogP contribution in [0.25, 0.3) is 0 Å². The van der Waals surface area contributed by atoms with Gasteiger partial charge in [-0.2, -0.15) is 0 Å². The summed E-state index contributed by atoms with van der Waals surface area (Å²) in [5.41, 5.74) is 5.39. The largest absolute Gasteiger partial charge is 0.378 e. The third kappa shape index (κ3) is 1.32. The maximum absolute atomic E-state index is 5.39. The van der Waals surface area contributed by atoms with E-state index < -0.39 is 0 Å². The number of nitrogens with two attached hydrogens (primary N) is 1. The summed E-state index contributed by atoms with van der Waals surface area (Å²) in [6, 6.07) is 0. The summed E-state index contributed by atoms with van der Waals surface area (Å²) in [5.74, 6) is 0. The highest BCUT2D eigenvalue weighted by Gasteiger charge is 2.13. The number of amidine groups is 1. The molecular weight excluding hydrogens is 140 g/mol. The van der Waals surface area contributed by atoms with Gasteiger partial charge in [-0.15, -0.1) is 0 Å². The van der Waals surface area contributed by atoms with Gasteiger partial charge in [-0.25, -0.2) is 4.99 Å². The topological polar surface area (TPSA) is 38.4 Å². The Balaban J connectivity index is 2.41. The average molecular weight is 148 g/mol. The Kier molecular flexibility index (Phi) is 2.08. The van der Waals surface area contributed by atoms with Crippen molar-refractivity contribution in [2.75, 3.05) is 0 Å². The van der Waals surface area contributed by atoms with Crippen LogP contribution in [0.2, 0.25) is 0 Å². The summed E-state index contributed by atoms with van der Waals surface area (Å²) in [6.07, 6.45) is 1.08. The molecule has 1 unspecified atom stereocenters. The molecule has 1 heterocycles. The highest BCUT2D eigenvalue weighted by atomic mass is 33.1. The monoisotopic (exact) mass is 148 g/mol. The zero-order chi connectivity index (χ0) is 5.98. The van der Waals surface area contributed by atoms with Gasteiger partial charge in [-0.3, -0.25) is 0 Å². The molecule has 0 aromatic heterocycles. The van der Waals surface area contributed by atoms with Crippen LogP contribution >= 0.6 is 21.6 Å². The molecule has 1 aliphatic rings. The van der Waals surface area contributed by atoms with Crippen LogP contribution in [-0.4, -0.2) is 10.5 Å². The SMILES string of the molecule is CCC1N=C(N)SS1. The molecule has 46 valence electrons. The van der Waals surface area contributed by atoms with Crippen molar-refractivity contribution in [1.29, 1.82) is 0 Å². The molecule has 0 spiro atoms. The van der Waals surface area contributed by atoms with Crippen molar-refractivity contribution in [3.63, 3.8) is 0 Å². The molecule has 0 fully saturated rings. The van der Waals surface area contributed by atoms with E-state index in [0.717, 1.165) is 11.6 Å². The molecule has 2 N–H and O–H groups in total. The number of aliphatic imine (C=N–C) groups is 1. The minimum atomic E-state index is 0.417. The Bertz CT molecular complexity index is 113. The molecular formula is C4H8N2S2. The predicted octanol–water partition coefficient (Wildman–Crippen LogP) is 1.43. The first-order chi connectivity index (χ1) is 3.83. The third-order valence-electron chi connectivity index (χ3n) is 0.865. The van der Waals surface area contributed by atoms with E-state index in [4.69, 9.17) is 5.73 Å². The van der Waals surface area contributed by atoms with Crippen molar-refractivity contribution in [3.8, 4) is 0 Å². The Morgan fingerprint density at radius 2 is 2.62 bits per heavy atom. The second-order valence-electron chi connectivity index (χ2n) is 1.51. The molecule has 0 aliphatic carbocycles. The van der Waals surface area contributed by atoms with Gasteiger partial charge in [0.05, 0.1) is 0 Å². The average Bonchev–Trinajstić information content (AvgIpc) is 2.14. The Labute approximate surface area is 56.7 Å². The second-order valence-corrected chi connectivity index (χ2v) is 3.91. The number of nitrogens with zero attached hydrogens (tertiary/aromatic N) is 1. The van der Waals surface area contributed by atoms with E-state index in [0.29, 0.717) is 5.37 Å². The van der Waals surface area contributed by atoms with Crippen LogP contribution in [0.4, 0.5) is 0 Å². The van der Waals surface area contributed by atoms with Gasteiger partial charge in [0.2, 0.25) is 0 Å². The van der Waals surface area contributed by atoms with E-state index in [-0.39, 0.29) is 0 Å². The van der Waals surface area contributed by atoms with E-state index in [9.17, 15) is 0 Å². The molecule has 0 radical (unpaired) electrons. The normalized spacial score (nSPS) is 28.1. The van der Waals surface area contributed by atoms with Gasteiger partial charge in [-0.05, 0) is 17.2 Å². The highest BCUT2D eigenvalue weighted by molar-refractivity contribution is 8.82. The zero-order valence-corrected chi connectivity index (χ0v) is 6.26.